The van der Waals surface area contributed by atoms with Crippen LogP contribution in [-0.2, 0) is 6.54 Å². The van der Waals surface area contributed by atoms with Crippen molar-refractivity contribution >= 4 is 5.91 Å². The summed E-state index contributed by atoms with van der Waals surface area (Å²) in [6, 6.07) is 11.7. The molecule has 1 amide bonds. The smallest absolute Gasteiger partial charge is 0.254 e. The van der Waals surface area contributed by atoms with E-state index in [1.54, 1.807) is 12.4 Å². The van der Waals surface area contributed by atoms with Crippen LogP contribution in [0.2, 0.25) is 0 Å². The summed E-state index contributed by atoms with van der Waals surface area (Å²) in [7, 11) is 0. The maximum absolute atomic E-state index is 12.3. The Morgan fingerprint density at radius 2 is 1.85 bits per heavy atom. The zero-order chi connectivity index (χ0) is 18.5. The van der Waals surface area contributed by atoms with Crippen LogP contribution in [0.1, 0.15) is 28.7 Å². The first-order valence-corrected chi connectivity index (χ1v) is 8.69. The number of aromatic nitrogens is 4. The number of hydrogen-bond acceptors (Lipinski definition) is 4. The average Bonchev–Trinajstić information content (AvgIpc) is 2.97. The third-order valence-electron chi connectivity index (χ3n) is 4.15. The van der Waals surface area contributed by atoms with Gasteiger partial charge in [-0.1, -0.05) is 37.3 Å². The van der Waals surface area contributed by atoms with Crippen LogP contribution in [0, 0.1) is 19.8 Å². The van der Waals surface area contributed by atoms with E-state index in [1.165, 1.54) is 0 Å². The number of nitrogens with one attached hydrogen (secondary N) is 1. The molecule has 6 nitrogen and oxygen atoms in total. The third-order valence-corrected chi connectivity index (χ3v) is 4.15. The van der Waals surface area contributed by atoms with Crippen LogP contribution in [-0.4, -0.2) is 32.2 Å². The topological polar surface area (TPSA) is 72.7 Å². The zero-order valence-corrected chi connectivity index (χ0v) is 15.3. The van der Waals surface area contributed by atoms with Gasteiger partial charge in [0.25, 0.3) is 5.91 Å². The molecule has 0 spiro atoms. The molecule has 0 aliphatic heterocycles. The van der Waals surface area contributed by atoms with Crippen LogP contribution in [0.4, 0.5) is 0 Å². The highest BCUT2D eigenvalue weighted by atomic mass is 16.1. The molecule has 3 aromatic rings. The fraction of sp³-hybridized carbons (Fsp3) is 0.300. The van der Waals surface area contributed by atoms with Gasteiger partial charge in [-0.3, -0.25) is 9.48 Å². The molecule has 1 atom stereocenters. The Kier molecular flexibility index (Phi) is 5.41. The monoisotopic (exact) mass is 349 g/mol. The van der Waals surface area contributed by atoms with Crippen molar-refractivity contribution < 1.29 is 4.79 Å². The first-order valence-electron chi connectivity index (χ1n) is 8.69. The van der Waals surface area contributed by atoms with Gasteiger partial charge in [-0.15, -0.1) is 0 Å². The van der Waals surface area contributed by atoms with E-state index >= 15 is 0 Å². The summed E-state index contributed by atoms with van der Waals surface area (Å²) in [6.07, 6.45) is 3.13. The predicted octanol–water partition coefficient (Wildman–Crippen LogP) is 3.02. The molecule has 0 saturated heterocycles. The Hall–Kier alpha value is -3.02. The van der Waals surface area contributed by atoms with Gasteiger partial charge in [0.05, 0.1) is 11.3 Å². The molecular weight excluding hydrogens is 326 g/mol. The normalized spacial score (nSPS) is 12.0. The quantitative estimate of drug-likeness (QED) is 0.742. The molecule has 0 aliphatic carbocycles. The molecule has 26 heavy (non-hydrogen) atoms. The fourth-order valence-electron chi connectivity index (χ4n) is 2.77. The molecule has 2 heterocycles. The molecule has 6 heteroatoms. The number of carbonyl (C=O) groups is 1. The molecule has 0 unspecified atom stereocenters. The summed E-state index contributed by atoms with van der Waals surface area (Å²) < 4.78 is 1.98. The van der Waals surface area contributed by atoms with Crippen molar-refractivity contribution in [2.75, 3.05) is 6.54 Å². The Morgan fingerprint density at radius 1 is 1.15 bits per heavy atom. The van der Waals surface area contributed by atoms with Crippen LogP contribution in [0.5, 0.6) is 0 Å². The lowest BCUT2D eigenvalue weighted by Gasteiger charge is -2.14. The van der Waals surface area contributed by atoms with Crippen LogP contribution >= 0.6 is 0 Å². The van der Waals surface area contributed by atoms with Crippen molar-refractivity contribution in [1.82, 2.24) is 25.1 Å². The van der Waals surface area contributed by atoms with E-state index in [0.29, 0.717) is 17.9 Å². The van der Waals surface area contributed by atoms with Crippen LogP contribution in [0.3, 0.4) is 0 Å². The second kappa shape index (κ2) is 7.91. The van der Waals surface area contributed by atoms with Crippen molar-refractivity contribution in [1.29, 1.82) is 0 Å². The average molecular weight is 349 g/mol. The van der Waals surface area contributed by atoms with Gasteiger partial charge in [-0.2, -0.15) is 5.10 Å². The van der Waals surface area contributed by atoms with E-state index in [0.717, 1.165) is 23.5 Å². The third kappa shape index (κ3) is 4.33. The van der Waals surface area contributed by atoms with Crippen LogP contribution < -0.4 is 5.32 Å². The van der Waals surface area contributed by atoms with Gasteiger partial charge >= 0.3 is 0 Å². The summed E-state index contributed by atoms with van der Waals surface area (Å²) in [6.45, 7) is 7.44. The van der Waals surface area contributed by atoms with Crippen molar-refractivity contribution in [3.05, 3.63) is 65.7 Å². The highest BCUT2D eigenvalue weighted by Crippen LogP contribution is 2.13. The Bertz CT molecular complexity index is 871. The molecule has 0 bridgehead atoms. The summed E-state index contributed by atoms with van der Waals surface area (Å²) in [5.74, 6) is 0.714. The van der Waals surface area contributed by atoms with Gasteiger partial charge in [0.15, 0.2) is 5.82 Å². The summed E-state index contributed by atoms with van der Waals surface area (Å²) in [5, 5.41) is 7.40. The lowest BCUT2D eigenvalue weighted by atomic mass is 10.1. The number of aryl methyl sites for hydroxylation is 2. The molecular formula is C20H23N5O. The fourth-order valence-corrected chi connectivity index (χ4v) is 2.77. The standard InChI is InChI=1S/C20H23N5O/c1-14(13-25-16(3)9-15(2)24-25)10-23-20(26)18-11-21-19(22-12-18)17-7-5-4-6-8-17/h4-9,11-12,14H,10,13H2,1-3H3,(H,23,26)/t14-/m0/s1. The van der Waals surface area contributed by atoms with E-state index in [-0.39, 0.29) is 11.8 Å². The van der Waals surface area contributed by atoms with Gasteiger partial charge in [-0.05, 0) is 25.8 Å². The Balaban J connectivity index is 1.55. The zero-order valence-electron chi connectivity index (χ0n) is 15.3. The lowest BCUT2D eigenvalue weighted by Crippen LogP contribution is -2.30. The minimum atomic E-state index is -0.162. The highest BCUT2D eigenvalue weighted by molar-refractivity contribution is 5.93. The second-order valence-corrected chi connectivity index (χ2v) is 6.59. The van der Waals surface area contributed by atoms with E-state index in [4.69, 9.17) is 0 Å². The number of carbonyl (C=O) groups excluding carboxylic acids is 1. The predicted molar refractivity (Wildman–Crippen MR) is 101 cm³/mol. The minimum absolute atomic E-state index is 0.162. The Labute approximate surface area is 153 Å². The summed E-state index contributed by atoms with van der Waals surface area (Å²) in [5.41, 5.74) is 3.53. The molecule has 2 aromatic heterocycles. The largest absolute Gasteiger partial charge is 0.352 e. The maximum Gasteiger partial charge on any atom is 0.254 e. The van der Waals surface area contributed by atoms with E-state index in [9.17, 15) is 4.79 Å². The first-order chi connectivity index (χ1) is 12.5. The molecule has 0 aliphatic rings. The van der Waals surface area contributed by atoms with E-state index < -0.39 is 0 Å². The van der Waals surface area contributed by atoms with Gasteiger partial charge in [0, 0.05) is 36.7 Å². The molecule has 0 fully saturated rings. The van der Waals surface area contributed by atoms with Crippen molar-refractivity contribution in [3.63, 3.8) is 0 Å². The number of rotatable bonds is 6. The number of nitrogens with zero attached hydrogens (tertiary/aromatic N) is 4. The molecule has 0 saturated carbocycles. The van der Waals surface area contributed by atoms with Crippen LogP contribution in [0.25, 0.3) is 11.4 Å². The SMILES string of the molecule is Cc1cc(C)n(C[C@@H](C)CNC(=O)c2cnc(-c3ccccc3)nc2)n1. The van der Waals surface area contributed by atoms with Gasteiger partial charge < -0.3 is 5.32 Å². The van der Waals surface area contributed by atoms with Gasteiger partial charge in [0.1, 0.15) is 0 Å². The summed E-state index contributed by atoms with van der Waals surface area (Å²) in [4.78, 5) is 20.9. The number of amides is 1. The van der Waals surface area contributed by atoms with Crippen molar-refractivity contribution in [2.24, 2.45) is 5.92 Å². The molecule has 3 rings (SSSR count). The van der Waals surface area contributed by atoms with Gasteiger partial charge in [-0.25, -0.2) is 9.97 Å². The van der Waals surface area contributed by atoms with Gasteiger partial charge in [0.2, 0.25) is 0 Å². The summed E-state index contributed by atoms with van der Waals surface area (Å²) >= 11 is 0. The molecule has 1 aromatic carbocycles. The maximum atomic E-state index is 12.3. The highest BCUT2D eigenvalue weighted by Gasteiger charge is 2.11. The van der Waals surface area contributed by atoms with E-state index in [2.05, 4.69) is 33.4 Å². The van der Waals surface area contributed by atoms with E-state index in [1.807, 2.05) is 48.9 Å². The van der Waals surface area contributed by atoms with Crippen molar-refractivity contribution in [3.8, 4) is 11.4 Å². The first kappa shape index (κ1) is 17.8. The lowest BCUT2D eigenvalue weighted by molar-refractivity contribution is 0.0946. The van der Waals surface area contributed by atoms with Crippen LogP contribution in [0.15, 0.2) is 48.8 Å². The van der Waals surface area contributed by atoms with Crippen molar-refractivity contribution in [2.45, 2.75) is 27.3 Å². The minimum Gasteiger partial charge on any atom is -0.352 e. The number of benzene rings is 1. The molecule has 0 radical (unpaired) electrons. The second-order valence-electron chi connectivity index (χ2n) is 6.59. The number of hydrogen-bond donors (Lipinski definition) is 1. The molecule has 134 valence electrons. The Morgan fingerprint density at radius 3 is 2.46 bits per heavy atom. The molecule has 1 N–H and O–H groups in total.